The molecule has 0 unspecified atom stereocenters. The highest BCUT2D eigenvalue weighted by Gasteiger charge is 2.35. The van der Waals surface area contributed by atoms with Crippen LogP contribution in [0.1, 0.15) is 70.2 Å². The van der Waals surface area contributed by atoms with Crippen molar-refractivity contribution in [1.82, 2.24) is 30.2 Å². The van der Waals surface area contributed by atoms with Gasteiger partial charge in [-0.05, 0) is 111 Å². The number of rotatable bonds is 5. The first-order valence-corrected chi connectivity index (χ1v) is 16.7. The first kappa shape index (κ1) is 29.5. The van der Waals surface area contributed by atoms with E-state index in [4.69, 9.17) is 14.7 Å². The van der Waals surface area contributed by atoms with E-state index in [-0.39, 0.29) is 12.1 Å². The molecule has 3 N–H and O–H groups in total. The number of carbonyl (C=O) groups is 1. The summed E-state index contributed by atoms with van der Waals surface area (Å²) in [6.45, 7) is 7.43. The number of amides is 1. The van der Waals surface area contributed by atoms with Gasteiger partial charge in [0, 0.05) is 6.54 Å². The van der Waals surface area contributed by atoms with E-state index in [9.17, 15) is 4.79 Å². The zero-order valence-electron chi connectivity index (χ0n) is 27.1. The summed E-state index contributed by atoms with van der Waals surface area (Å²) in [4.78, 5) is 31.4. The third kappa shape index (κ3) is 5.89. The molecule has 6 aromatic rings. The second kappa shape index (κ2) is 11.7. The SMILES string of the molecule is CC(C)(C)OC(=O)N1CCC[C@H]1c1nc2ccc(-c3ccc(-c4ccc(-c5ccc6nc([C@@H]7CCCN7)[nH]c6c5)cc4)cc3)cc2[nH]1. The van der Waals surface area contributed by atoms with Crippen molar-refractivity contribution in [2.24, 2.45) is 0 Å². The molecule has 2 aromatic heterocycles. The topological polar surface area (TPSA) is 98.9 Å². The van der Waals surface area contributed by atoms with Crippen molar-refractivity contribution in [2.45, 2.75) is 64.1 Å². The van der Waals surface area contributed by atoms with Gasteiger partial charge in [0.15, 0.2) is 0 Å². The minimum absolute atomic E-state index is 0.105. The molecule has 1 amide bonds. The van der Waals surface area contributed by atoms with Crippen molar-refractivity contribution in [2.75, 3.05) is 13.1 Å². The predicted octanol–water partition coefficient (Wildman–Crippen LogP) is 8.94. The first-order valence-electron chi connectivity index (χ1n) is 16.7. The van der Waals surface area contributed by atoms with Crippen molar-refractivity contribution in [3.8, 4) is 33.4 Å². The molecule has 0 spiro atoms. The van der Waals surface area contributed by atoms with Crippen LogP contribution < -0.4 is 5.32 Å². The highest BCUT2D eigenvalue weighted by molar-refractivity contribution is 5.84. The van der Waals surface area contributed by atoms with Crippen LogP contribution in [-0.2, 0) is 4.74 Å². The summed E-state index contributed by atoms with van der Waals surface area (Å²) in [7, 11) is 0. The van der Waals surface area contributed by atoms with Crippen LogP contribution in [0.15, 0.2) is 84.9 Å². The van der Waals surface area contributed by atoms with Gasteiger partial charge in [0.2, 0.25) is 0 Å². The number of hydrogen-bond acceptors (Lipinski definition) is 5. The molecule has 8 heteroatoms. The molecule has 0 radical (unpaired) electrons. The molecule has 8 nitrogen and oxygen atoms in total. The summed E-state index contributed by atoms with van der Waals surface area (Å²) >= 11 is 0. The van der Waals surface area contributed by atoms with E-state index in [1.807, 2.05) is 20.8 Å². The summed E-state index contributed by atoms with van der Waals surface area (Å²) < 4.78 is 5.66. The van der Waals surface area contributed by atoms with Gasteiger partial charge >= 0.3 is 6.09 Å². The molecule has 0 bridgehead atoms. The average Bonchev–Trinajstić information content (AvgIpc) is 3.89. The number of aromatic amines is 2. The zero-order valence-corrected chi connectivity index (χ0v) is 27.1. The zero-order chi connectivity index (χ0) is 32.1. The van der Waals surface area contributed by atoms with Crippen LogP contribution in [0, 0.1) is 0 Å². The first-order chi connectivity index (χ1) is 22.8. The van der Waals surface area contributed by atoms with E-state index in [0.29, 0.717) is 12.6 Å². The van der Waals surface area contributed by atoms with Crippen molar-refractivity contribution < 1.29 is 9.53 Å². The number of benzene rings is 4. The Balaban J connectivity index is 0.977. The molecular formula is C39H40N6O2. The van der Waals surface area contributed by atoms with Crippen molar-refractivity contribution >= 4 is 28.2 Å². The van der Waals surface area contributed by atoms with E-state index in [2.05, 4.69) is 100 Å². The van der Waals surface area contributed by atoms with Crippen LogP contribution >= 0.6 is 0 Å². The Kier molecular flexibility index (Phi) is 7.33. The lowest BCUT2D eigenvalue weighted by molar-refractivity contribution is 0.0219. The maximum atomic E-state index is 12.8. The summed E-state index contributed by atoms with van der Waals surface area (Å²) in [6.07, 6.45) is 3.85. The number of aromatic nitrogens is 4. The Labute approximate surface area is 274 Å². The summed E-state index contributed by atoms with van der Waals surface area (Å²) in [5.41, 5.74) is 10.4. The number of imidazole rings is 2. The third-order valence-electron chi connectivity index (χ3n) is 9.36. The van der Waals surface area contributed by atoms with Gasteiger partial charge in [0.05, 0.1) is 34.2 Å². The maximum absolute atomic E-state index is 12.8. The molecule has 4 aromatic carbocycles. The number of nitrogens with zero attached hydrogens (tertiary/aromatic N) is 3. The number of carbonyl (C=O) groups excluding carboxylic acids is 1. The van der Waals surface area contributed by atoms with Crippen molar-refractivity contribution in [1.29, 1.82) is 0 Å². The van der Waals surface area contributed by atoms with Gasteiger partial charge in [0.1, 0.15) is 17.2 Å². The molecule has 238 valence electrons. The summed E-state index contributed by atoms with van der Waals surface area (Å²) in [5, 5.41) is 3.53. The molecule has 8 rings (SSSR count). The summed E-state index contributed by atoms with van der Waals surface area (Å²) in [5.74, 6) is 1.85. The number of H-pyrrole nitrogens is 2. The van der Waals surface area contributed by atoms with Crippen LogP contribution in [0.25, 0.3) is 55.4 Å². The summed E-state index contributed by atoms with van der Waals surface area (Å²) in [6, 6.07) is 30.5. The fraction of sp³-hybridized carbons (Fsp3) is 0.308. The molecular weight excluding hydrogens is 584 g/mol. The molecule has 2 aliphatic heterocycles. The number of likely N-dealkylation sites (tertiary alicyclic amines) is 1. The van der Waals surface area contributed by atoms with Gasteiger partial charge in [0.25, 0.3) is 0 Å². The van der Waals surface area contributed by atoms with E-state index in [1.165, 1.54) is 28.7 Å². The highest BCUT2D eigenvalue weighted by atomic mass is 16.6. The largest absolute Gasteiger partial charge is 0.444 e. The Morgan fingerprint density at radius 2 is 1.21 bits per heavy atom. The Hall–Kier alpha value is -4.95. The van der Waals surface area contributed by atoms with Crippen molar-refractivity contribution in [3.05, 3.63) is 96.6 Å². The third-order valence-corrected chi connectivity index (χ3v) is 9.36. The number of fused-ring (bicyclic) bond motifs is 2. The van der Waals surface area contributed by atoms with Crippen LogP contribution in [0.2, 0.25) is 0 Å². The lowest BCUT2D eigenvalue weighted by atomic mass is 9.98. The number of ether oxygens (including phenoxy) is 1. The monoisotopic (exact) mass is 624 g/mol. The average molecular weight is 625 g/mol. The standard InChI is InChI=1S/C39H40N6O2/c1-39(2,3)47-38(46)45-21-5-7-35(45)37-42-31-19-17-29(23-34(31)44-37)27-14-10-25(11-15-27)24-8-12-26(13-9-24)28-16-18-30-33(22-28)43-36(41-30)32-6-4-20-40-32/h8-19,22-23,32,35,40H,4-7,20-21H2,1-3H3,(H,41,43)(H,42,44)/t32-,35-/m0/s1. The van der Waals surface area contributed by atoms with Gasteiger partial charge in [-0.2, -0.15) is 0 Å². The van der Waals surface area contributed by atoms with E-state index >= 15 is 0 Å². The molecule has 2 fully saturated rings. The minimum Gasteiger partial charge on any atom is -0.444 e. The Morgan fingerprint density at radius 3 is 1.74 bits per heavy atom. The Morgan fingerprint density at radius 1 is 0.702 bits per heavy atom. The van der Waals surface area contributed by atoms with Crippen LogP contribution in [0.3, 0.4) is 0 Å². The Bertz CT molecular complexity index is 2060. The van der Waals surface area contributed by atoms with Crippen LogP contribution in [0.4, 0.5) is 4.79 Å². The van der Waals surface area contributed by atoms with Gasteiger partial charge in [-0.1, -0.05) is 60.7 Å². The van der Waals surface area contributed by atoms with Gasteiger partial charge < -0.3 is 20.0 Å². The maximum Gasteiger partial charge on any atom is 0.410 e. The molecule has 0 saturated carbocycles. The fourth-order valence-corrected chi connectivity index (χ4v) is 6.96. The van der Waals surface area contributed by atoms with Gasteiger partial charge in [-0.15, -0.1) is 0 Å². The van der Waals surface area contributed by atoms with Crippen molar-refractivity contribution in [3.63, 3.8) is 0 Å². The smallest absolute Gasteiger partial charge is 0.410 e. The van der Waals surface area contributed by atoms with Crippen LogP contribution in [0.5, 0.6) is 0 Å². The second-order valence-corrected chi connectivity index (χ2v) is 13.8. The second-order valence-electron chi connectivity index (χ2n) is 13.8. The molecule has 4 heterocycles. The molecule has 2 aliphatic rings. The van der Waals surface area contributed by atoms with Gasteiger partial charge in [-0.3, -0.25) is 4.90 Å². The normalized spacial score (nSPS) is 18.4. The predicted molar refractivity (Wildman–Crippen MR) is 187 cm³/mol. The lowest BCUT2D eigenvalue weighted by Gasteiger charge is -2.27. The number of nitrogens with one attached hydrogen (secondary N) is 3. The fourth-order valence-electron chi connectivity index (χ4n) is 6.96. The molecule has 0 aliphatic carbocycles. The lowest BCUT2D eigenvalue weighted by Crippen LogP contribution is -2.36. The molecule has 47 heavy (non-hydrogen) atoms. The molecule has 2 saturated heterocycles. The van der Waals surface area contributed by atoms with E-state index in [1.54, 1.807) is 4.90 Å². The molecule has 2 atom stereocenters. The quantitative estimate of drug-likeness (QED) is 0.178. The van der Waals surface area contributed by atoms with E-state index < -0.39 is 5.60 Å². The minimum atomic E-state index is -0.528. The van der Waals surface area contributed by atoms with E-state index in [0.717, 1.165) is 70.6 Å². The highest BCUT2D eigenvalue weighted by Crippen LogP contribution is 2.34. The number of hydrogen-bond donors (Lipinski definition) is 3. The van der Waals surface area contributed by atoms with Gasteiger partial charge in [-0.25, -0.2) is 14.8 Å². The van der Waals surface area contributed by atoms with Crippen LogP contribution in [-0.4, -0.2) is 49.6 Å².